The number of thioether (sulfide) groups is 1. The van der Waals surface area contributed by atoms with Gasteiger partial charge in [0.25, 0.3) is 11.1 Å². The van der Waals surface area contributed by atoms with Crippen LogP contribution in [0.2, 0.25) is 0 Å². The molecule has 2 aromatic rings. The van der Waals surface area contributed by atoms with Gasteiger partial charge in [-0.15, -0.1) is 0 Å². The number of hydrogen-bond acceptors (Lipinski definition) is 5. The summed E-state index contributed by atoms with van der Waals surface area (Å²) in [6.07, 6.45) is 0.138. The molecule has 2 aromatic carbocycles. The Kier molecular flexibility index (Phi) is 7.80. The topological polar surface area (TPSA) is 87.7 Å². The maximum Gasteiger partial charge on any atom is 0.281 e. The molecule has 1 saturated heterocycles. The minimum absolute atomic E-state index is 0.00664. The molecule has 1 aliphatic heterocycles. The molecular weight excluding hydrogens is 426 g/mol. The van der Waals surface area contributed by atoms with Crippen LogP contribution in [0.3, 0.4) is 0 Å². The highest BCUT2D eigenvalue weighted by Crippen LogP contribution is 2.24. The van der Waals surface area contributed by atoms with E-state index in [1.165, 1.54) is 17.3 Å². The van der Waals surface area contributed by atoms with Gasteiger partial charge in [-0.3, -0.25) is 25.2 Å². The van der Waals surface area contributed by atoms with E-state index < -0.39 is 5.91 Å². The summed E-state index contributed by atoms with van der Waals surface area (Å²) in [5.41, 5.74) is 7.49. The molecular formula is C24H29N3O4S. The van der Waals surface area contributed by atoms with Gasteiger partial charge in [-0.05, 0) is 40.8 Å². The Labute approximate surface area is 192 Å². The Morgan fingerprint density at radius 2 is 1.72 bits per heavy atom. The molecule has 0 saturated carbocycles. The van der Waals surface area contributed by atoms with Crippen molar-refractivity contribution in [3.05, 3.63) is 65.2 Å². The molecule has 170 valence electrons. The van der Waals surface area contributed by atoms with Crippen molar-refractivity contribution in [2.75, 3.05) is 18.8 Å². The second-order valence-corrected chi connectivity index (χ2v) is 9.66. The standard InChI is InChI=1S/C24H29N3O4S/c1-24(2,3)19-8-10-20(11-9-19)31-16-17-4-6-18(7-5-17)22(29)26-25-21(28)12-13-27-14-15-32-23(27)30/h4-11H,12-16H2,1-3H3,(H,25,28)(H,26,29). The van der Waals surface area contributed by atoms with Gasteiger partial charge in [0.1, 0.15) is 12.4 Å². The smallest absolute Gasteiger partial charge is 0.281 e. The normalized spacial score (nSPS) is 13.7. The first-order chi connectivity index (χ1) is 15.2. The molecule has 0 unspecified atom stereocenters. The maximum atomic E-state index is 12.2. The van der Waals surface area contributed by atoms with E-state index in [4.69, 9.17) is 4.74 Å². The van der Waals surface area contributed by atoms with E-state index >= 15 is 0 Å². The van der Waals surface area contributed by atoms with Crippen LogP contribution in [0.5, 0.6) is 5.75 Å². The summed E-state index contributed by atoms with van der Waals surface area (Å²) in [7, 11) is 0. The third kappa shape index (κ3) is 6.75. The molecule has 0 bridgehead atoms. The van der Waals surface area contributed by atoms with Crippen molar-refractivity contribution in [3.8, 4) is 5.75 Å². The molecule has 1 aliphatic rings. The molecule has 3 amide bonds. The van der Waals surface area contributed by atoms with Crippen molar-refractivity contribution >= 4 is 28.8 Å². The lowest BCUT2D eigenvalue weighted by Gasteiger charge is -2.19. The van der Waals surface area contributed by atoms with Crippen molar-refractivity contribution in [2.24, 2.45) is 0 Å². The lowest BCUT2D eigenvalue weighted by atomic mass is 9.87. The van der Waals surface area contributed by atoms with Gasteiger partial charge in [-0.25, -0.2) is 0 Å². The van der Waals surface area contributed by atoms with Gasteiger partial charge < -0.3 is 9.64 Å². The lowest BCUT2D eigenvalue weighted by Crippen LogP contribution is -2.42. The summed E-state index contributed by atoms with van der Waals surface area (Å²) in [5.74, 6) is 0.792. The minimum Gasteiger partial charge on any atom is -0.489 e. The van der Waals surface area contributed by atoms with E-state index in [-0.39, 0.29) is 23.0 Å². The summed E-state index contributed by atoms with van der Waals surface area (Å²) < 4.78 is 5.83. The number of benzene rings is 2. The number of nitrogens with one attached hydrogen (secondary N) is 2. The number of carbonyl (C=O) groups is 3. The molecule has 2 N–H and O–H groups in total. The molecule has 0 aliphatic carbocycles. The molecule has 7 nitrogen and oxygen atoms in total. The first-order valence-electron chi connectivity index (χ1n) is 10.6. The highest BCUT2D eigenvalue weighted by Gasteiger charge is 2.21. The third-order valence-corrected chi connectivity index (χ3v) is 6.00. The molecule has 0 aromatic heterocycles. The zero-order valence-corrected chi connectivity index (χ0v) is 19.5. The number of ether oxygens (including phenoxy) is 1. The number of amides is 3. The van der Waals surface area contributed by atoms with E-state index in [0.717, 1.165) is 17.1 Å². The largest absolute Gasteiger partial charge is 0.489 e. The summed E-state index contributed by atoms with van der Waals surface area (Å²) in [4.78, 5) is 37.3. The van der Waals surface area contributed by atoms with Crippen molar-refractivity contribution in [2.45, 2.75) is 39.2 Å². The van der Waals surface area contributed by atoms with Gasteiger partial charge in [0.05, 0.1) is 0 Å². The van der Waals surface area contributed by atoms with Crippen LogP contribution >= 0.6 is 11.8 Å². The van der Waals surface area contributed by atoms with Crippen LogP contribution in [0, 0.1) is 0 Å². The summed E-state index contributed by atoms with van der Waals surface area (Å²) in [5, 5.41) is -0.00664. The number of hydrogen-bond donors (Lipinski definition) is 2. The predicted octanol–water partition coefficient (Wildman–Crippen LogP) is 3.88. The lowest BCUT2D eigenvalue weighted by molar-refractivity contribution is -0.122. The van der Waals surface area contributed by atoms with Gasteiger partial charge in [0.2, 0.25) is 5.91 Å². The van der Waals surface area contributed by atoms with E-state index in [9.17, 15) is 14.4 Å². The quantitative estimate of drug-likeness (QED) is 0.619. The molecule has 0 radical (unpaired) electrons. The van der Waals surface area contributed by atoms with E-state index in [2.05, 4.69) is 43.8 Å². The molecule has 0 atom stereocenters. The fraction of sp³-hybridized carbons (Fsp3) is 0.375. The second kappa shape index (κ2) is 10.5. The van der Waals surface area contributed by atoms with Gasteiger partial charge in [0.15, 0.2) is 0 Å². The van der Waals surface area contributed by atoms with Crippen LogP contribution in [0.15, 0.2) is 48.5 Å². The second-order valence-electron chi connectivity index (χ2n) is 8.61. The highest BCUT2D eigenvalue weighted by atomic mass is 32.2. The van der Waals surface area contributed by atoms with Gasteiger partial charge in [-0.2, -0.15) is 0 Å². The zero-order chi connectivity index (χ0) is 23.1. The maximum absolute atomic E-state index is 12.2. The number of rotatable bonds is 7. The number of hydrazine groups is 1. The van der Waals surface area contributed by atoms with Crippen LogP contribution in [0.1, 0.15) is 48.7 Å². The summed E-state index contributed by atoms with van der Waals surface area (Å²) >= 11 is 1.25. The molecule has 3 rings (SSSR count). The zero-order valence-electron chi connectivity index (χ0n) is 18.6. The molecule has 1 fully saturated rings. The van der Waals surface area contributed by atoms with Crippen LogP contribution in [0.25, 0.3) is 0 Å². The van der Waals surface area contributed by atoms with Gasteiger partial charge >= 0.3 is 0 Å². The number of carbonyl (C=O) groups excluding carboxylic acids is 3. The van der Waals surface area contributed by atoms with Crippen molar-refractivity contribution in [1.29, 1.82) is 0 Å². The third-order valence-electron chi connectivity index (χ3n) is 5.11. The minimum atomic E-state index is -0.406. The highest BCUT2D eigenvalue weighted by molar-refractivity contribution is 8.13. The fourth-order valence-electron chi connectivity index (χ4n) is 3.10. The average molecular weight is 456 g/mol. The predicted molar refractivity (Wildman–Crippen MR) is 126 cm³/mol. The van der Waals surface area contributed by atoms with E-state index in [1.807, 2.05) is 24.3 Å². The Hall–Kier alpha value is -3.00. The molecule has 8 heteroatoms. The van der Waals surface area contributed by atoms with Crippen LogP contribution in [0.4, 0.5) is 4.79 Å². The van der Waals surface area contributed by atoms with Gasteiger partial charge in [-0.1, -0.05) is 56.8 Å². The van der Waals surface area contributed by atoms with Gasteiger partial charge in [0, 0.05) is 30.8 Å². The monoisotopic (exact) mass is 455 g/mol. The van der Waals surface area contributed by atoms with Crippen LogP contribution in [-0.2, 0) is 16.8 Å². The SMILES string of the molecule is CC(C)(C)c1ccc(OCc2ccc(C(=O)NNC(=O)CCN3CCSC3=O)cc2)cc1. The number of nitrogens with zero attached hydrogens (tertiary/aromatic N) is 1. The Morgan fingerprint density at radius 3 is 2.31 bits per heavy atom. The fourth-order valence-corrected chi connectivity index (χ4v) is 3.95. The Bertz CT molecular complexity index is 953. The van der Waals surface area contributed by atoms with Crippen molar-refractivity contribution in [1.82, 2.24) is 15.8 Å². The van der Waals surface area contributed by atoms with E-state index in [1.54, 1.807) is 17.0 Å². The van der Waals surface area contributed by atoms with Crippen molar-refractivity contribution in [3.63, 3.8) is 0 Å². The molecule has 1 heterocycles. The van der Waals surface area contributed by atoms with Crippen LogP contribution in [-0.4, -0.2) is 40.8 Å². The first kappa shape index (κ1) is 23.7. The van der Waals surface area contributed by atoms with E-state index in [0.29, 0.717) is 25.3 Å². The summed E-state index contributed by atoms with van der Waals surface area (Å²) in [6.45, 7) is 7.90. The Balaban J connectivity index is 1.41. The molecule has 0 spiro atoms. The van der Waals surface area contributed by atoms with Crippen molar-refractivity contribution < 1.29 is 19.1 Å². The average Bonchev–Trinajstić information content (AvgIpc) is 3.19. The Morgan fingerprint density at radius 1 is 1.03 bits per heavy atom. The van der Waals surface area contributed by atoms with Crippen LogP contribution < -0.4 is 15.6 Å². The first-order valence-corrected chi connectivity index (χ1v) is 11.5. The molecule has 32 heavy (non-hydrogen) atoms. The summed E-state index contributed by atoms with van der Waals surface area (Å²) in [6, 6.07) is 15.1.